The normalized spacial score (nSPS) is 17.5. The fourth-order valence-electron chi connectivity index (χ4n) is 2.99. The number of benzene rings is 1. The Balaban J connectivity index is 1.66. The van der Waals surface area contributed by atoms with Gasteiger partial charge in [-0.15, -0.1) is 0 Å². The first kappa shape index (κ1) is 15.0. The van der Waals surface area contributed by atoms with Crippen LogP contribution in [0.3, 0.4) is 0 Å². The van der Waals surface area contributed by atoms with Crippen LogP contribution in [0.2, 0.25) is 0 Å². The van der Waals surface area contributed by atoms with Gasteiger partial charge < -0.3 is 10.1 Å². The van der Waals surface area contributed by atoms with Gasteiger partial charge in [-0.25, -0.2) is 4.98 Å². The van der Waals surface area contributed by atoms with Crippen molar-refractivity contribution in [3.63, 3.8) is 0 Å². The van der Waals surface area contributed by atoms with Gasteiger partial charge in [-0.1, -0.05) is 24.3 Å². The lowest BCUT2D eigenvalue weighted by Crippen LogP contribution is -2.09. The monoisotopic (exact) mass is 327 g/mol. The van der Waals surface area contributed by atoms with Crippen LogP contribution in [0.25, 0.3) is 11.2 Å². The molecule has 124 valence electrons. The third-order valence-electron chi connectivity index (χ3n) is 4.32. The second-order valence-corrected chi connectivity index (χ2v) is 5.91. The summed E-state index contributed by atoms with van der Waals surface area (Å²) in [5.41, 5.74) is 3.31. The standard InChI is InChI=1S/C17H18FN5O/c1-11-5-2-3-6-12(11)9-19-15-14-16(22-17(18)21-15)23(10-20-14)13-7-4-8-24-13/h2-3,5-6,10,13H,4,7-9H2,1H3,(H,19,21,22). The van der Waals surface area contributed by atoms with Crippen LogP contribution in [0.5, 0.6) is 0 Å². The second kappa shape index (κ2) is 6.16. The van der Waals surface area contributed by atoms with Crippen molar-refractivity contribution in [1.29, 1.82) is 0 Å². The lowest BCUT2D eigenvalue weighted by Gasteiger charge is -2.12. The average Bonchev–Trinajstić information content (AvgIpc) is 3.22. The minimum Gasteiger partial charge on any atom is -0.364 e. The van der Waals surface area contributed by atoms with Crippen LogP contribution in [0.4, 0.5) is 10.2 Å². The first-order chi connectivity index (χ1) is 11.7. The number of halogens is 1. The van der Waals surface area contributed by atoms with E-state index in [1.165, 1.54) is 5.56 Å². The molecule has 1 saturated heterocycles. The van der Waals surface area contributed by atoms with Crippen LogP contribution in [-0.4, -0.2) is 26.1 Å². The highest BCUT2D eigenvalue weighted by Gasteiger charge is 2.22. The van der Waals surface area contributed by atoms with E-state index < -0.39 is 6.08 Å². The van der Waals surface area contributed by atoms with Crippen LogP contribution in [0, 0.1) is 13.0 Å². The molecule has 2 aromatic heterocycles. The number of nitrogens with one attached hydrogen (secondary N) is 1. The molecule has 7 heteroatoms. The van der Waals surface area contributed by atoms with Gasteiger partial charge in [-0.05, 0) is 30.9 Å². The number of aryl methyl sites for hydroxylation is 1. The molecule has 24 heavy (non-hydrogen) atoms. The summed E-state index contributed by atoms with van der Waals surface area (Å²) in [5.74, 6) is 0.400. The molecule has 1 unspecified atom stereocenters. The number of rotatable bonds is 4. The van der Waals surface area contributed by atoms with Crippen molar-refractivity contribution < 1.29 is 9.13 Å². The summed E-state index contributed by atoms with van der Waals surface area (Å²) in [6.07, 6.45) is 2.61. The number of fused-ring (bicyclic) bond motifs is 1. The van der Waals surface area contributed by atoms with Gasteiger partial charge in [0.1, 0.15) is 6.23 Å². The van der Waals surface area contributed by atoms with Crippen LogP contribution >= 0.6 is 0 Å². The Morgan fingerprint density at radius 2 is 2.21 bits per heavy atom. The highest BCUT2D eigenvalue weighted by atomic mass is 19.1. The van der Waals surface area contributed by atoms with Crippen molar-refractivity contribution in [1.82, 2.24) is 19.5 Å². The SMILES string of the molecule is Cc1ccccc1CNc1nc(F)nc2c1ncn2C1CCCO1. The summed E-state index contributed by atoms with van der Waals surface area (Å²) in [4.78, 5) is 12.2. The van der Waals surface area contributed by atoms with Crippen LogP contribution in [0.15, 0.2) is 30.6 Å². The van der Waals surface area contributed by atoms with Crippen molar-refractivity contribution in [2.45, 2.75) is 32.5 Å². The third kappa shape index (κ3) is 2.71. The fourth-order valence-corrected chi connectivity index (χ4v) is 2.99. The maximum Gasteiger partial charge on any atom is 0.312 e. The summed E-state index contributed by atoms with van der Waals surface area (Å²) >= 11 is 0. The molecule has 1 N–H and O–H groups in total. The minimum atomic E-state index is -0.769. The Morgan fingerprint density at radius 3 is 3.00 bits per heavy atom. The van der Waals surface area contributed by atoms with Gasteiger partial charge in [-0.3, -0.25) is 4.57 Å². The van der Waals surface area contributed by atoms with Crippen molar-refractivity contribution in [2.75, 3.05) is 11.9 Å². The highest BCUT2D eigenvalue weighted by molar-refractivity contribution is 5.82. The number of aromatic nitrogens is 4. The zero-order chi connectivity index (χ0) is 16.5. The molecule has 0 amide bonds. The van der Waals surface area contributed by atoms with Crippen LogP contribution in [-0.2, 0) is 11.3 Å². The average molecular weight is 327 g/mol. The Kier molecular flexibility index (Phi) is 3.86. The maximum absolute atomic E-state index is 13.9. The fraction of sp³-hybridized carbons (Fsp3) is 0.353. The van der Waals surface area contributed by atoms with Crippen molar-refractivity contribution >= 4 is 17.0 Å². The molecule has 0 radical (unpaired) electrons. The molecule has 0 saturated carbocycles. The lowest BCUT2D eigenvalue weighted by atomic mass is 10.1. The first-order valence-corrected chi connectivity index (χ1v) is 8.02. The van der Waals surface area contributed by atoms with Crippen LogP contribution in [0.1, 0.15) is 30.2 Å². The Morgan fingerprint density at radius 1 is 1.33 bits per heavy atom. The topological polar surface area (TPSA) is 64.9 Å². The summed E-state index contributed by atoms with van der Waals surface area (Å²) < 4.78 is 21.3. The number of nitrogens with zero attached hydrogens (tertiary/aromatic N) is 4. The zero-order valence-corrected chi connectivity index (χ0v) is 13.4. The van der Waals surface area contributed by atoms with Gasteiger partial charge in [0.15, 0.2) is 17.0 Å². The molecule has 4 rings (SSSR count). The van der Waals surface area contributed by atoms with Crippen LogP contribution < -0.4 is 5.32 Å². The minimum absolute atomic E-state index is 0.131. The van der Waals surface area contributed by atoms with E-state index >= 15 is 0 Å². The summed E-state index contributed by atoms with van der Waals surface area (Å²) in [6.45, 7) is 3.29. The number of imidazole rings is 1. The van der Waals surface area contributed by atoms with Gasteiger partial charge in [-0.2, -0.15) is 14.4 Å². The third-order valence-corrected chi connectivity index (χ3v) is 4.32. The van der Waals surface area contributed by atoms with E-state index in [0.717, 1.165) is 18.4 Å². The number of hydrogen-bond donors (Lipinski definition) is 1. The van der Waals surface area contributed by atoms with E-state index in [0.29, 0.717) is 30.1 Å². The summed E-state index contributed by atoms with van der Waals surface area (Å²) in [7, 11) is 0. The Hall–Kier alpha value is -2.54. The molecule has 0 aliphatic carbocycles. The number of anilines is 1. The van der Waals surface area contributed by atoms with Gasteiger partial charge in [0, 0.05) is 13.2 Å². The molecule has 6 nitrogen and oxygen atoms in total. The Bertz CT molecular complexity index is 873. The van der Waals surface area contributed by atoms with E-state index in [4.69, 9.17) is 4.74 Å². The highest BCUT2D eigenvalue weighted by Crippen LogP contribution is 2.28. The van der Waals surface area contributed by atoms with Gasteiger partial charge >= 0.3 is 6.08 Å². The molecular formula is C17H18FN5O. The van der Waals surface area contributed by atoms with Crippen molar-refractivity contribution in [3.8, 4) is 0 Å². The molecule has 1 aromatic carbocycles. The van der Waals surface area contributed by atoms with Gasteiger partial charge in [0.2, 0.25) is 0 Å². The Labute approximate surface area is 138 Å². The molecule has 3 heterocycles. The molecule has 0 bridgehead atoms. The van der Waals surface area contributed by atoms with E-state index in [-0.39, 0.29) is 6.23 Å². The van der Waals surface area contributed by atoms with Crippen molar-refractivity contribution in [2.24, 2.45) is 0 Å². The second-order valence-electron chi connectivity index (χ2n) is 5.91. The molecule has 1 fully saturated rings. The number of hydrogen-bond acceptors (Lipinski definition) is 5. The predicted molar refractivity (Wildman–Crippen MR) is 88.0 cm³/mol. The summed E-state index contributed by atoms with van der Waals surface area (Å²) in [5, 5.41) is 3.18. The zero-order valence-electron chi connectivity index (χ0n) is 13.4. The summed E-state index contributed by atoms with van der Waals surface area (Å²) in [6, 6.07) is 8.04. The molecule has 1 aliphatic heterocycles. The van der Waals surface area contributed by atoms with Crippen molar-refractivity contribution in [3.05, 3.63) is 47.8 Å². The lowest BCUT2D eigenvalue weighted by molar-refractivity contribution is 0.0592. The predicted octanol–water partition coefficient (Wildman–Crippen LogP) is 3.19. The number of ether oxygens (including phenoxy) is 1. The smallest absolute Gasteiger partial charge is 0.312 e. The maximum atomic E-state index is 13.9. The van der Waals surface area contributed by atoms with E-state index in [9.17, 15) is 4.39 Å². The molecule has 3 aromatic rings. The van der Waals surface area contributed by atoms with Gasteiger partial charge in [0.25, 0.3) is 0 Å². The largest absolute Gasteiger partial charge is 0.364 e. The first-order valence-electron chi connectivity index (χ1n) is 8.02. The molecule has 1 aliphatic rings. The molecule has 1 atom stereocenters. The van der Waals surface area contributed by atoms with Gasteiger partial charge in [0.05, 0.1) is 6.33 Å². The van der Waals surface area contributed by atoms with E-state index in [2.05, 4.69) is 20.3 Å². The molecule has 0 spiro atoms. The molecular weight excluding hydrogens is 309 g/mol. The van der Waals surface area contributed by atoms with E-state index in [1.54, 1.807) is 10.9 Å². The van der Waals surface area contributed by atoms with E-state index in [1.807, 2.05) is 31.2 Å². The quantitative estimate of drug-likeness (QED) is 0.746.